The van der Waals surface area contributed by atoms with Crippen LogP contribution in [0.15, 0.2) is 23.1 Å². The van der Waals surface area contributed by atoms with Gasteiger partial charge in [0.2, 0.25) is 0 Å². The van der Waals surface area contributed by atoms with E-state index in [1.54, 1.807) is 12.1 Å². The van der Waals surface area contributed by atoms with Crippen LogP contribution in [0.1, 0.15) is 0 Å². The molecule has 1 aromatic carbocycles. The summed E-state index contributed by atoms with van der Waals surface area (Å²) in [6.45, 7) is 5.00. The van der Waals surface area contributed by atoms with Gasteiger partial charge >= 0.3 is 0 Å². The molecule has 0 aromatic heterocycles. The summed E-state index contributed by atoms with van der Waals surface area (Å²) in [5, 5.41) is 3.20. The van der Waals surface area contributed by atoms with Crippen LogP contribution in [0, 0.1) is 0 Å². The predicted octanol–water partition coefficient (Wildman–Crippen LogP) is 0.416. The van der Waals surface area contributed by atoms with Gasteiger partial charge in [0.1, 0.15) is 0 Å². The van der Waals surface area contributed by atoms with Crippen molar-refractivity contribution in [2.45, 2.75) is 4.90 Å². The van der Waals surface area contributed by atoms with Crippen molar-refractivity contribution < 1.29 is 13.2 Å². The van der Waals surface area contributed by atoms with Gasteiger partial charge < -0.3 is 15.8 Å². The van der Waals surface area contributed by atoms with Crippen LogP contribution in [0.3, 0.4) is 0 Å². The number of benzene rings is 1. The molecule has 0 radical (unpaired) electrons. The molecule has 0 saturated carbocycles. The Hall–Kier alpha value is -1.31. The lowest BCUT2D eigenvalue weighted by Gasteiger charge is -2.26. The second kappa shape index (κ2) is 6.43. The third kappa shape index (κ3) is 3.84. The first kappa shape index (κ1) is 15.1. The van der Waals surface area contributed by atoms with Gasteiger partial charge in [-0.05, 0) is 12.1 Å². The Morgan fingerprint density at radius 2 is 2.05 bits per heavy atom. The average molecular weight is 299 g/mol. The van der Waals surface area contributed by atoms with Crippen molar-refractivity contribution in [2.24, 2.45) is 0 Å². The summed E-state index contributed by atoms with van der Waals surface area (Å²) in [5.74, 6) is 0. The number of hydrogen-bond acceptors (Lipinski definition) is 6. The topological polar surface area (TPSA) is 84.7 Å². The Labute approximate surface area is 119 Å². The number of rotatable bonds is 5. The molecule has 0 aliphatic carbocycles. The maximum Gasteiger partial charge on any atom is 0.177 e. The van der Waals surface area contributed by atoms with Crippen molar-refractivity contribution in [3.63, 3.8) is 0 Å². The third-order valence-corrected chi connectivity index (χ3v) is 4.47. The zero-order valence-corrected chi connectivity index (χ0v) is 12.4. The number of nitrogens with zero attached hydrogens (tertiary/aromatic N) is 1. The molecule has 3 N–H and O–H groups in total. The van der Waals surface area contributed by atoms with E-state index in [4.69, 9.17) is 10.5 Å². The van der Waals surface area contributed by atoms with E-state index in [2.05, 4.69) is 10.2 Å². The molecular weight excluding hydrogens is 278 g/mol. The second-order valence-electron chi connectivity index (χ2n) is 4.87. The molecule has 112 valence electrons. The first-order valence-corrected chi connectivity index (χ1v) is 8.50. The Balaban J connectivity index is 1.96. The molecule has 0 amide bonds. The molecule has 0 spiro atoms. The van der Waals surface area contributed by atoms with E-state index in [0.717, 1.165) is 45.6 Å². The zero-order valence-electron chi connectivity index (χ0n) is 11.6. The number of anilines is 2. The fourth-order valence-electron chi connectivity index (χ4n) is 2.19. The fraction of sp³-hybridized carbons (Fsp3) is 0.538. The Morgan fingerprint density at radius 1 is 1.35 bits per heavy atom. The van der Waals surface area contributed by atoms with E-state index in [0.29, 0.717) is 5.69 Å². The first-order chi connectivity index (χ1) is 9.48. The lowest BCUT2D eigenvalue weighted by Crippen LogP contribution is -2.39. The summed E-state index contributed by atoms with van der Waals surface area (Å²) in [4.78, 5) is 2.47. The number of hydrogen-bond donors (Lipinski definition) is 2. The van der Waals surface area contributed by atoms with Gasteiger partial charge in [-0.2, -0.15) is 0 Å². The molecule has 2 rings (SSSR count). The molecule has 6 nitrogen and oxygen atoms in total. The molecule has 0 atom stereocenters. The summed E-state index contributed by atoms with van der Waals surface area (Å²) in [6, 6.07) is 5.02. The van der Waals surface area contributed by atoms with Crippen molar-refractivity contribution >= 4 is 21.2 Å². The van der Waals surface area contributed by atoms with Gasteiger partial charge in [-0.15, -0.1) is 0 Å². The van der Waals surface area contributed by atoms with Crippen LogP contribution in [-0.4, -0.2) is 59.0 Å². The van der Waals surface area contributed by atoms with Crippen molar-refractivity contribution in [2.75, 3.05) is 56.7 Å². The number of nitrogen functional groups attached to an aromatic ring is 1. The Bertz CT molecular complexity index is 554. The van der Waals surface area contributed by atoms with Crippen LogP contribution in [0.5, 0.6) is 0 Å². The lowest BCUT2D eigenvalue weighted by atomic mass is 10.2. The monoisotopic (exact) mass is 299 g/mol. The van der Waals surface area contributed by atoms with Gasteiger partial charge in [0.15, 0.2) is 9.84 Å². The van der Waals surface area contributed by atoms with Gasteiger partial charge in [0.25, 0.3) is 0 Å². The SMILES string of the molecule is CS(=O)(=O)c1cccc(NCCN2CCOCC2)c1N. The fourth-order valence-corrected chi connectivity index (χ4v) is 3.03. The number of morpholine rings is 1. The molecule has 1 aromatic rings. The molecule has 20 heavy (non-hydrogen) atoms. The van der Waals surface area contributed by atoms with Crippen LogP contribution in [0.2, 0.25) is 0 Å². The quantitative estimate of drug-likeness (QED) is 0.766. The number of ether oxygens (including phenoxy) is 1. The largest absolute Gasteiger partial charge is 0.396 e. The molecule has 1 aliphatic heterocycles. The van der Waals surface area contributed by atoms with E-state index in [-0.39, 0.29) is 10.6 Å². The van der Waals surface area contributed by atoms with Crippen LogP contribution in [0.4, 0.5) is 11.4 Å². The number of para-hydroxylation sites is 1. The summed E-state index contributed by atoms with van der Waals surface area (Å²) < 4.78 is 28.5. The highest BCUT2D eigenvalue weighted by Gasteiger charge is 2.14. The van der Waals surface area contributed by atoms with Crippen molar-refractivity contribution in [1.82, 2.24) is 4.90 Å². The standard InChI is InChI=1S/C13H21N3O3S/c1-20(17,18)12-4-2-3-11(13(12)14)15-5-6-16-7-9-19-10-8-16/h2-4,15H,5-10,14H2,1H3. The van der Waals surface area contributed by atoms with Crippen molar-refractivity contribution in [3.8, 4) is 0 Å². The highest BCUT2D eigenvalue weighted by atomic mass is 32.2. The third-order valence-electron chi connectivity index (χ3n) is 3.31. The molecule has 1 fully saturated rings. The van der Waals surface area contributed by atoms with Crippen LogP contribution in [-0.2, 0) is 14.6 Å². The number of nitrogens with one attached hydrogen (secondary N) is 1. The predicted molar refractivity (Wildman–Crippen MR) is 79.7 cm³/mol. The van der Waals surface area contributed by atoms with Crippen LogP contribution in [0.25, 0.3) is 0 Å². The minimum Gasteiger partial charge on any atom is -0.396 e. The zero-order chi connectivity index (χ0) is 14.6. The van der Waals surface area contributed by atoms with E-state index in [1.165, 1.54) is 6.07 Å². The molecule has 0 unspecified atom stereocenters. The molecule has 0 bridgehead atoms. The molecular formula is C13H21N3O3S. The van der Waals surface area contributed by atoms with Gasteiger partial charge in [0, 0.05) is 32.4 Å². The second-order valence-corrected chi connectivity index (χ2v) is 6.85. The van der Waals surface area contributed by atoms with Crippen LogP contribution < -0.4 is 11.1 Å². The molecule has 7 heteroatoms. The highest BCUT2D eigenvalue weighted by molar-refractivity contribution is 7.90. The number of nitrogens with two attached hydrogens (primary N) is 1. The summed E-state index contributed by atoms with van der Waals surface area (Å²) in [6.07, 6.45) is 1.16. The van der Waals surface area contributed by atoms with Gasteiger partial charge in [-0.25, -0.2) is 8.42 Å². The molecule has 1 aliphatic rings. The summed E-state index contributed by atoms with van der Waals surface area (Å²) in [7, 11) is -3.29. The normalized spacial score (nSPS) is 17.1. The van der Waals surface area contributed by atoms with Gasteiger partial charge in [-0.1, -0.05) is 6.07 Å². The smallest absolute Gasteiger partial charge is 0.177 e. The lowest BCUT2D eigenvalue weighted by molar-refractivity contribution is 0.0398. The summed E-state index contributed by atoms with van der Waals surface area (Å²) >= 11 is 0. The van der Waals surface area contributed by atoms with E-state index < -0.39 is 9.84 Å². The Morgan fingerprint density at radius 3 is 2.70 bits per heavy atom. The Kier molecular flexibility index (Phi) is 4.85. The number of sulfone groups is 1. The van der Waals surface area contributed by atoms with Crippen molar-refractivity contribution in [1.29, 1.82) is 0 Å². The van der Waals surface area contributed by atoms with Gasteiger partial charge in [-0.3, -0.25) is 4.90 Å². The molecule has 1 heterocycles. The maximum absolute atomic E-state index is 11.6. The maximum atomic E-state index is 11.6. The minimum atomic E-state index is -3.29. The van der Waals surface area contributed by atoms with E-state index >= 15 is 0 Å². The van der Waals surface area contributed by atoms with Crippen molar-refractivity contribution in [3.05, 3.63) is 18.2 Å². The van der Waals surface area contributed by atoms with Crippen LogP contribution >= 0.6 is 0 Å². The highest BCUT2D eigenvalue weighted by Crippen LogP contribution is 2.26. The average Bonchev–Trinajstić information content (AvgIpc) is 2.40. The molecule has 1 saturated heterocycles. The minimum absolute atomic E-state index is 0.175. The first-order valence-electron chi connectivity index (χ1n) is 6.61. The summed E-state index contributed by atoms with van der Waals surface area (Å²) in [5.41, 5.74) is 6.87. The van der Waals surface area contributed by atoms with Gasteiger partial charge in [0.05, 0.1) is 29.5 Å². The van der Waals surface area contributed by atoms with E-state index in [9.17, 15) is 8.42 Å². The van der Waals surface area contributed by atoms with E-state index in [1.807, 2.05) is 0 Å².